The summed E-state index contributed by atoms with van der Waals surface area (Å²) in [6.07, 6.45) is 5.40. The highest BCUT2D eigenvalue weighted by Gasteiger charge is 2.39. The molecule has 0 aliphatic heterocycles. The number of hydrogen-bond acceptors (Lipinski definition) is 2. The number of carboxylic acids is 1. The van der Waals surface area contributed by atoms with Crippen LogP contribution in [0.3, 0.4) is 0 Å². The van der Waals surface area contributed by atoms with Gasteiger partial charge in [0.25, 0.3) is 0 Å². The smallest absolute Gasteiger partial charge is 0.336 e. The quantitative estimate of drug-likeness (QED) is 0.857. The van der Waals surface area contributed by atoms with Crippen LogP contribution in [0.2, 0.25) is 0 Å². The van der Waals surface area contributed by atoms with Crippen molar-refractivity contribution in [3.8, 4) is 0 Å². The molecular formula is C15H19NO2. The maximum Gasteiger partial charge on any atom is 0.336 e. The Kier molecular flexibility index (Phi) is 3.08. The van der Waals surface area contributed by atoms with Gasteiger partial charge in [-0.1, -0.05) is 24.6 Å². The van der Waals surface area contributed by atoms with Gasteiger partial charge in [-0.25, -0.2) is 4.79 Å². The van der Waals surface area contributed by atoms with Crippen molar-refractivity contribution in [1.82, 2.24) is 5.32 Å². The van der Waals surface area contributed by atoms with Gasteiger partial charge in [-0.05, 0) is 42.7 Å². The molecule has 18 heavy (non-hydrogen) atoms. The lowest BCUT2D eigenvalue weighted by Crippen LogP contribution is -2.33. The van der Waals surface area contributed by atoms with E-state index in [9.17, 15) is 4.79 Å². The monoisotopic (exact) mass is 245 g/mol. The van der Waals surface area contributed by atoms with Crippen molar-refractivity contribution >= 4 is 5.97 Å². The first-order valence-electron chi connectivity index (χ1n) is 6.78. The van der Waals surface area contributed by atoms with E-state index in [0.29, 0.717) is 18.2 Å². The lowest BCUT2D eigenvalue weighted by atomic mass is 9.95. The number of rotatable bonds is 4. The fraction of sp³-hybridized carbons (Fsp3) is 0.533. The average Bonchev–Trinajstić information content (AvgIpc) is 2.98. The van der Waals surface area contributed by atoms with Crippen molar-refractivity contribution in [3.05, 3.63) is 35.4 Å². The minimum Gasteiger partial charge on any atom is -0.478 e. The number of nitrogens with one attached hydrogen (secondary N) is 1. The first kappa shape index (κ1) is 11.7. The van der Waals surface area contributed by atoms with E-state index in [0.717, 1.165) is 17.4 Å². The Hall–Kier alpha value is -1.35. The van der Waals surface area contributed by atoms with Crippen molar-refractivity contribution in [1.29, 1.82) is 0 Å². The van der Waals surface area contributed by atoms with Crippen LogP contribution in [0.25, 0.3) is 0 Å². The van der Waals surface area contributed by atoms with Crippen LogP contribution in [0, 0.1) is 11.8 Å². The van der Waals surface area contributed by atoms with Crippen LogP contribution >= 0.6 is 0 Å². The van der Waals surface area contributed by atoms with E-state index in [-0.39, 0.29) is 0 Å². The first-order valence-corrected chi connectivity index (χ1v) is 6.78. The fourth-order valence-corrected chi connectivity index (χ4v) is 3.62. The van der Waals surface area contributed by atoms with Crippen LogP contribution in [0.15, 0.2) is 24.3 Å². The van der Waals surface area contributed by atoms with Crippen LogP contribution in [0.1, 0.15) is 41.6 Å². The molecule has 96 valence electrons. The molecule has 0 radical (unpaired) electrons. The summed E-state index contributed by atoms with van der Waals surface area (Å²) in [5.41, 5.74) is 1.32. The summed E-state index contributed by atoms with van der Waals surface area (Å²) in [5, 5.41) is 12.7. The minimum atomic E-state index is -0.833. The summed E-state index contributed by atoms with van der Waals surface area (Å²) in [6, 6.07) is 7.88. The third-order valence-electron chi connectivity index (χ3n) is 4.54. The summed E-state index contributed by atoms with van der Waals surface area (Å²) in [7, 11) is 0. The van der Waals surface area contributed by atoms with E-state index in [1.54, 1.807) is 12.1 Å². The SMILES string of the molecule is O=C(O)c1ccccc1CNC1CC2CCC1C2. The summed E-state index contributed by atoms with van der Waals surface area (Å²) in [4.78, 5) is 11.1. The number of carbonyl (C=O) groups is 1. The number of carboxylic acid groups (broad SMARTS) is 1. The predicted octanol–water partition coefficient (Wildman–Crippen LogP) is 2.66. The molecule has 3 atom stereocenters. The van der Waals surface area contributed by atoms with E-state index in [1.165, 1.54) is 25.7 Å². The second kappa shape index (κ2) is 4.73. The zero-order valence-corrected chi connectivity index (χ0v) is 10.4. The number of fused-ring (bicyclic) bond motifs is 2. The third kappa shape index (κ3) is 2.15. The standard InChI is InChI=1S/C15H19NO2/c17-15(18)13-4-2-1-3-12(13)9-16-14-8-10-5-6-11(14)7-10/h1-4,10-11,14,16H,5-9H2,(H,17,18). The van der Waals surface area contributed by atoms with Gasteiger partial charge < -0.3 is 10.4 Å². The van der Waals surface area contributed by atoms with Crippen molar-refractivity contribution in [2.75, 3.05) is 0 Å². The highest BCUT2D eigenvalue weighted by atomic mass is 16.4. The van der Waals surface area contributed by atoms with Gasteiger partial charge in [0.15, 0.2) is 0 Å². The summed E-state index contributed by atoms with van der Waals surface area (Å²) < 4.78 is 0. The van der Waals surface area contributed by atoms with Gasteiger partial charge in [-0.3, -0.25) is 0 Å². The molecule has 3 unspecified atom stereocenters. The van der Waals surface area contributed by atoms with Gasteiger partial charge in [-0.2, -0.15) is 0 Å². The normalized spacial score (nSPS) is 29.7. The largest absolute Gasteiger partial charge is 0.478 e. The molecule has 2 aliphatic rings. The Morgan fingerprint density at radius 2 is 2.11 bits per heavy atom. The molecule has 0 spiro atoms. The second-order valence-electron chi connectivity index (χ2n) is 5.62. The molecule has 2 bridgehead atoms. The molecule has 0 heterocycles. The molecule has 2 fully saturated rings. The molecule has 2 aliphatic carbocycles. The molecule has 3 heteroatoms. The van der Waals surface area contributed by atoms with Crippen LogP contribution < -0.4 is 5.32 Å². The molecule has 2 N–H and O–H groups in total. The topological polar surface area (TPSA) is 49.3 Å². The maximum absolute atomic E-state index is 11.1. The maximum atomic E-state index is 11.1. The van der Waals surface area contributed by atoms with E-state index in [1.807, 2.05) is 12.1 Å². The van der Waals surface area contributed by atoms with Crippen LogP contribution in [0.4, 0.5) is 0 Å². The van der Waals surface area contributed by atoms with Gasteiger partial charge in [0.2, 0.25) is 0 Å². The van der Waals surface area contributed by atoms with Gasteiger partial charge in [0, 0.05) is 12.6 Å². The zero-order chi connectivity index (χ0) is 12.5. The van der Waals surface area contributed by atoms with Crippen molar-refractivity contribution in [3.63, 3.8) is 0 Å². The highest BCUT2D eigenvalue weighted by Crippen LogP contribution is 2.44. The molecule has 0 amide bonds. The number of benzene rings is 1. The lowest BCUT2D eigenvalue weighted by Gasteiger charge is -2.23. The average molecular weight is 245 g/mol. The van der Waals surface area contributed by atoms with Gasteiger partial charge >= 0.3 is 5.97 Å². The predicted molar refractivity (Wildman–Crippen MR) is 69.5 cm³/mol. The minimum absolute atomic E-state index is 0.424. The zero-order valence-electron chi connectivity index (χ0n) is 10.4. The van der Waals surface area contributed by atoms with Crippen molar-refractivity contribution in [2.45, 2.75) is 38.3 Å². The molecule has 1 aromatic carbocycles. The lowest BCUT2D eigenvalue weighted by molar-refractivity contribution is 0.0695. The Balaban J connectivity index is 1.65. The van der Waals surface area contributed by atoms with Gasteiger partial charge in [-0.15, -0.1) is 0 Å². The number of aromatic carboxylic acids is 1. The van der Waals surface area contributed by atoms with Crippen LogP contribution in [-0.4, -0.2) is 17.1 Å². The van der Waals surface area contributed by atoms with Gasteiger partial charge in [0.05, 0.1) is 5.56 Å². The fourth-order valence-electron chi connectivity index (χ4n) is 3.62. The Labute approximate surface area is 107 Å². The second-order valence-corrected chi connectivity index (χ2v) is 5.62. The highest BCUT2D eigenvalue weighted by molar-refractivity contribution is 5.89. The van der Waals surface area contributed by atoms with Crippen molar-refractivity contribution < 1.29 is 9.90 Å². The third-order valence-corrected chi connectivity index (χ3v) is 4.54. The van der Waals surface area contributed by atoms with E-state index in [2.05, 4.69) is 5.32 Å². The molecule has 2 saturated carbocycles. The molecule has 3 nitrogen and oxygen atoms in total. The summed E-state index contributed by atoms with van der Waals surface area (Å²) >= 11 is 0. The van der Waals surface area contributed by atoms with E-state index in [4.69, 9.17) is 5.11 Å². The van der Waals surface area contributed by atoms with E-state index < -0.39 is 5.97 Å². The van der Waals surface area contributed by atoms with Gasteiger partial charge in [0.1, 0.15) is 0 Å². The van der Waals surface area contributed by atoms with E-state index >= 15 is 0 Å². The Morgan fingerprint density at radius 1 is 1.28 bits per heavy atom. The Bertz CT molecular complexity index is 458. The van der Waals surface area contributed by atoms with Crippen LogP contribution in [0.5, 0.6) is 0 Å². The molecule has 1 aromatic rings. The first-order chi connectivity index (χ1) is 8.74. The van der Waals surface area contributed by atoms with Crippen molar-refractivity contribution in [2.24, 2.45) is 11.8 Å². The van der Waals surface area contributed by atoms with Crippen LogP contribution in [-0.2, 0) is 6.54 Å². The summed E-state index contributed by atoms with van der Waals surface area (Å²) in [5.74, 6) is 0.912. The molecule has 0 saturated heterocycles. The Morgan fingerprint density at radius 3 is 2.78 bits per heavy atom. The number of hydrogen-bond donors (Lipinski definition) is 2. The molecular weight excluding hydrogens is 226 g/mol. The molecule has 0 aromatic heterocycles. The summed E-state index contributed by atoms with van der Waals surface area (Å²) in [6.45, 7) is 0.677. The molecule has 3 rings (SSSR count).